The van der Waals surface area contributed by atoms with E-state index in [1.54, 1.807) is 0 Å². The number of hydrogen-bond acceptors (Lipinski definition) is 3. The Bertz CT molecular complexity index is 566. The van der Waals surface area contributed by atoms with Crippen LogP contribution < -0.4 is 10.6 Å². The van der Waals surface area contributed by atoms with Crippen molar-refractivity contribution in [2.75, 3.05) is 39.3 Å². The highest BCUT2D eigenvalue weighted by atomic mass is 35.5. The predicted molar refractivity (Wildman–Crippen MR) is 110 cm³/mol. The zero-order chi connectivity index (χ0) is 17.5. The maximum absolute atomic E-state index is 13.2. The van der Waals surface area contributed by atoms with E-state index in [0.29, 0.717) is 0 Å². The number of nitrogens with one attached hydrogen (secondary N) is 2. The van der Waals surface area contributed by atoms with Crippen LogP contribution in [0.3, 0.4) is 0 Å². The molecule has 1 saturated carbocycles. The molecule has 1 aromatic carbocycles. The number of aryl methyl sites for hydroxylation is 1. The fraction of sp³-hybridized carbons (Fsp3) is 0.667. The third kappa shape index (κ3) is 4.99. The zero-order valence-electron chi connectivity index (χ0n) is 16.1. The van der Waals surface area contributed by atoms with Gasteiger partial charge >= 0.3 is 0 Å². The van der Waals surface area contributed by atoms with Crippen molar-refractivity contribution in [2.45, 2.75) is 50.9 Å². The molecule has 1 saturated heterocycles. The number of carbonyl (C=O) groups is 1. The molecule has 0 radical (unpaired) electrons. The quantitative estimate of drug-likeness (QED) is 0.747. The Labute approximate surface area is 164 Å². The molecule has 0 unspecified atom stereocenters. The second kappa shape index (κ2) is 10.3. The summed E-state index contributed by atoms with van der Waals surface area (Å²) in [5.74, 6) is 0.252. The first-order valence-corrected chi connectivity index (χ1v) is 10.00. The molecule has 0 bridgehead atoms. The van der Waals surface area contributed by atoms with Crippen LogP contribution in [0.4, 0.5) is 0 Å². The molecule has 26 heavy (non-hydrogen) atoms. The summed E-state index contributed by atoms with van der Waals surface area (Å²) in [5, 5.41) is 6.66. The molecule has 5 heteroatoms. The van der Waals surface area contributed by atoms with Crippen molar-refractivity contribution in [1.29, 1.82) is 0 Å². The van der Waals surface area contributed by atoms with Gasteiger partial charge in [-0.25, -0.2) is 0 Å². The van der Waals surface area contributed by atoms with Crippen LogP contribution in [0.1, 0.15) is 49.7 Å². The van der Waals surface area contributed by atoms with Gasteiger partial charge in [-0.3, -0.25) is 4.79 Å². The minimum atomic E-state index is -0.307. The normalized spacial score (nSPS) is 20.2. The Kier molecular flexibility index (Phi) is 8.39. The maximum Gasteiger partial charge on any atom is 0.230 e. The molecule has 3 rings (SSSR count). The molecule has 4 nitrogen and oxygen atoms in total. The van der Waals surface area contributed by atoms with Crippen LogP contribution in [0.25, 0.3) is 0 Å². The molecule has 2 fully saturated rings. The predicted octanol–water partition coefficient (Wildman–Crippen LogP) is 3.03. The minimum Gasteiger partial charge on any atom is -0.355 e. The van der Waals surface area contributed by atoms with Crippen molar-refractivity contribution in [3.8, 4) is 0 Å². The van der Waals surface area contributed by atoms with E-state index >= 15 is 0 Å². The van der Waals surface area contributed by atoms with E-state index in [0.717, 1.165) is 71.4 Å². The minimum absolute atomic E-state index is 0. The topological polar surface area (TPSA) is 44.4 Å². The lowest BCUT2D eigenvalue weighted by molar-refractivity contribution is -0.128. The summed E-state index contributed by atoms with van der Waals surface area (Å²) in [4.78, 5) is 15.7. The highest BCUT2D eigenvalue weighted by molar-refractivity contribution is 5.88. The lowest BCUT2D eigenvalue weighted by Crippen LogP contribution is -2.47. The van der Waals surface area contributed by atoms with Gasteiger partial charge in [-0.15, -0.1) is 12.4 Å². The molecule has 0 spiro atoms. The second-order valence-electron chi connectivity index (χ2n) is 7.66. The Morgan fingerprint density at radius 3 is 2.54 bits per heavy atom. The average Bonchev–Trinajstić information content (AvgIpc) is 2.67. The van der Waals surface area contributed by atoms with Crippen LogP contribution in [-0.2, 0) is 10.2 Å². The molecular formula is C21H34ClN3O. The van der Waals surface area contributed by atoms with Crippen molar-refractivity contribution < 1.29 is 4.79 Å². The maximum atomic E-state index is 13.2. The molecule has 1 amide bonds. The number of amides is 1. The van der Waals surface area contributed by atoms with Gasteiger partial charge in [0.25, 0.3) is 0 Å². The fourth-order valence-electron chi connectivity index (χ4n) is 4.49. The summed E-state index contributed by atoms with van der Waals surface area (Å²) in [6.07, 6.45) is 6.58. The Morgan fingerprint density at radius 2 is 1.85 bits per heavy atom. The number of nitrogens with zero attached hydrogens (tertiary/aromatic N) is 1. The van der Waals surface area contributed by atoms with Gasteiger partial charge in [-0.1, -0.05) is 43.5 Å². The summed E-state index contributed by atoms with van der Waals surface area (Å²) >= 11 is 0. The molecule has 1 aliphatic carbocycles. The van der Waals surface area contributed by atoms with Crippen LogP contribution in [-0.4, -0.2) is 50.1 Å². The van der Waals surface area contributed by atoms with Crippen LogP contribution in [0, 0.1) is 6.92 Å². The van der Waals surface area contributed by atoms with E-state index in [2.05, 4.69) is 46.7 Å². The first kappa shape index (κ1) is 21.2. The SMILES string of the molecule is Cc1ccccc1C1(C(=O)NCCCN2CCNCC2)CCCCC1.Cl. The first-order valence-electron chi connectivity index (χ1n) is 10.00. The van der Waals surface area contributed by atoms with Crippen molar-refractivity contribution >= 4 is 18.3 Å². The highest BCUT2D eigenvalue weighted by Crippen LogP contribution is 2.41. The van der Waals surface area contributed by atoms with Crippen LogP contribution in [0.5, 0.6) is 0 Å². The van der Waals surface area contributed by atoms with E-state index in [4.69, 9.17) is 0 Å². The molecule has 1 heterocycles. The van der Waals surface area contributed by atoms with Gasteiger partial charge in [0.05, 0.1) is 5.41 Å². The van der Waals surface area contributed by atoms with Gasteiger partial charge in [-0.05, 0) is 43.9 Å². The van der Waals surface area contributed by atoms with Gasteiger partial charge in [-0.2, -0.15) is 0 Å². The number of piperazine rings is 1. The lowest BCUT2D eigenvalue weighted by Gasteiger charge is -2.37. The van der Waals surface area contributed by atoms with E-state index in [9.17, 15) is 4.79 Å². The van der Waals surface area contributed by atoms with Crippen LogP contribution >= 0.6 is 12.4 Å². The van der Waals surface area contributed by atoms with E-state index in [1.807, 2.05) is 0 Å². The standard InChI is InChI=1S/C21H33N3O.ClH/c1-18-8-3-4-9-19(18)21(10-5-2-6-11-21)20(25)23-12-7-15-24-16-13-22-14-17-24;/h3-4,8-9,22H,2,5-7,10-17H2,1H3,(H,23,25);1H. The average molecular weight is 380 g/mol. The number of rotatable bonds is 6. The summed E-state index contributed by atoms with van der Waals surface area (Å²) in [5.41, 5.74) is 2.19. The Balaban J connectivity index is 0.00000243. The molecule has 0 atom stereocenters. The van der Waals surface area contributed by atoms with E-state index in [-0.39, 0.29) is 23.7 Å². The smallest absolute Gasteiger partial charge is 0.230 e. The number of hydrogen-bond donors (Lipinski definition) is 2. The second-order valence-corrected chi connectivity index (χ2v) is 7.66. The fourth-order valence-corrected chi connectivity index (χ4v) is 4.49. The van der Waals surface area contributed by atoms with Crippen molar-refractivity contribution in [3.63, 3.8) is 0 Å². The summed E-state index contributed by atoms with van der Waals surface area (Å²) in [7, 11) is 0. The Hall–Kier alpha value is -1.10. The van der Waals surface area contributed by atoms with Crippen molar-refractivity contribution in [1.82, 2.24) is 15.5 Å². The molecule has 146 valence electrons. The molecular weight excluding hydrogens is 346 g/mol. The number of halogens is 1. The van der Waals surface area contributed by atoms with Crippen LogP contribution in [0.15, 0.2) is 24.3 Å². The van der Waals surface area contributed by atoms with Gasteiger partial charge < -0.3 is 15.5 Å². The molecule has 2 aliphatic rings. The summed E-state index contributed by atoms with van der Waals surface area (Å²) < 4.78 is 0. The third-order valence-electron chi connectivity index (χ3n) is 5.95. The number of benzene rings is 1. The van der Waals surface area contributed by atoms with E-state index in [1.165, 1.54) is 17.5 Å². The van der Waals surface area contributed by atoms with Crippen molar-refractivity contribution in [2.24, 2.45) is 0 Å². The van der Waals surface area contributed by atoms with Gasteiger partial charge in [0, 0.05) is 32.7 Å². The Morgan fingerprint density at radius 1 is 1.15 bits per heavy atom. The monoisotopic (exact) mass is 379 g/mol. The van der Waals surface area contributed by atoms with Gasteiger partial charge in [0.15, 0.2) is 0 Å². The molecule has 1 aromatic rings. The van der Waals surface area contributed by atoms with Gasteiger partial charge in [0.1, 0.15) is 0 Å². The summed E-state index contributed by atoms with van der Waals surface area (Å²) in [6.45, 7) is 8.44. The zero-order valence-corrected chi connectivity index (χ0v) is 16.9. The largest absolute Gasteiger partial charge is 0.355 e. The first-order chi connectivity index (χ1) is 12.2. The number of carbonyl (C=O) groups excluding carboxylic acids is 1. The van der Waals surface area contributed by atoms with Crippen molar-refractivity contribution in [3.05, 3.63) is 35.4 Å². The van der Waals surface area contributed by atoms with Crippen LogP contribution in [0.2, 0.25) is 0 Å². The summed E-state index contributed by atoms with van der Waals surface area (Å²) in [6, 6.07) is 8.46. The van der Waals surface area contributed by atoms with Gasteiger partial charge in [0.2, 0.25) is 5.91 Å². The highest BCUT2D eigenvalue weighted by Gasteiger charge is 2.41. The third-order valence-corrected chi connectivity index (χ3v) is 5.95. The lowest BCUT2D eigenvalue weighted by atomic mass is 9.67. The molecule has 0 aromatic heterocycles. The van der Waals surface area contributed by atoms with E-state index < -0.39 is 0 Å². The molecule has 2 N–H and O–H groups in total. The molecule has 1 aliphatic heterocycles.